The van der Waals surface area contributed by atoms with Gasteiger partial charge in [0, 0.05) is 17.1 Å². The lowest BCUT2D eigenvalue weighted by Gasteiger charge is -2.34. The van der Waals surface area contributed by atoms with E-state index < -0.39 is 5.41 Å². The molecule has 1 aliphatic carbocycles. The van der Waals surface area contributed by atoms with Crippen LogP contribution in [-0.2, 0) is 10.2 Å². The van der Waals surface area contributed by atoms with Gasteiger partial charge in [0.1, 0.15) is 5.69 Å². The van der Waals surface area contributed by atoms with Crippen LogP contribution in [0, 0.1) is 0 Å². The minimum Gasteiger partial charge on any atom is -0.309 e. The highest BCUT2D eigenvalue weighted by atomic mass is 32.2. The summed E-state index contributed by atoms with van der Waals surface area (Å²) in [5, 5.41) is 12.7. The molecular weight excluding hydrogens is 430 g/mol. The Labute approximate surface area is 189 Å². The maximum atomic E-state index is 13.3. The molecule has 7 nitrogen and oxygen atoms in total. The van der Waals surface area contributed by atoms with E-state index in [9.17, 15) is 9.59 Å². The molecule has 1 saturated carbocycles. The quantitative estimate of drug-likeness (QED) is 0.532. The second-order valence-corrected chi connectivity index (χ2v) is 11.0. The van der Waals surface area contributed by atoms with Crippen LogP contribution < -0.4 is 10.5 Å². The van der Waals surface area contributed by atoms with Gasteiger partial charge in [-0.05, 0) is 25.0 Å². The summed E-state index contributed by atoms with van der Waals surface area (Å²) in [6.45, 7) is 5.78. The van der Waals surface area contributed by atoms with E-state index in [4.69, 9.17) is 0 Å². The van der Waals surface area contributed by atoms with Crippen molar-refractivity contribution in [1.29, 1.82) is 0 Å². The molecular formula is C22H27N5O2S2. The Morgan fingerprint density at radius 2 is 1.87 bits per heavy atom. The number of aromatic nitrogens is 4. The number of carbonyl (C=O) groups excluding carboxylic acids is 1. The van der Waals surface area contributed by atoms with Gasteiger partial charge < -0.3 is 4.90 Å². The average Bonchev–Trinajstić information content (AvgIpc) is 3.18. The second-order valence-electron chi connectivity index (χ2n) is 8.85. The standard InChI is InChI=1S/C22H27N5O2S2/c1-22(2,3)18-19(29)27-20(24-23-18)31-21(25-27)30-14-17(28)26(15-10-6-4-7-11-15)16-12-8-5-9-13-16/h4,6-7,10-11,16H,5,8-9,12-14H2,1-3H3. The molecule has 31 heavy (non-hydrogen) atoms. The number of fused-ring (bicyclic) bond motifs is 1. The summed E-state index contributed by atoms with van der Waals surface area (Å²) in [6, 6.07) is 10.1. The molecule has 0 bridgehead atoms. The Morgan fingerprint density at radius 3 is 2.55 bits per heavy atom. The summed E-state index contributed by atoms with van der Waals surface area (Å²) in [5.41, 5.74) is 0.672. The van der Waals surface area contributed by atoms with E-state index in [2.05, 4.69) is 15.3 Å². The van der Waals surface area contributed by atoms with Crippen molar-refractivity contribution in [3.8, 4) is 0 Å². The fourth-order valence-electron chi connectivity index (χ4n) is 3.91. The molecule has 164 valence electrons. The van der Waals surface area contributed by atoms with Gasteiger partial charge in [0.25, 0.3) is 5.56 Å². The van der Waals surface area contributed by atoms with Gasteiger partial charge in [-0.1, -0.05) is 81.3 Å². The number of benzene rings is 1. The summed E-state index contributed by atoms with van der Waals surface area (Å²) in [5.74, 6) is 0.329. The van der Waals surface area contributed by atoms with Crippen LogP contribution in [0.4, 0.5) is 5.69 Å². The third-order valence-electron chi connectivity index (χ3n) is 5.44. The monoisotopic (exact) mass is 457 g/mol. The zero-order valence-corrected chi connectivity index (χ0v) is 19.7. The van der Waals surface area contributed by atoms with E-state index in [1.54, 1.807) is 0 Å². The van der Waals surface area contributed by atoms with Crippen molar-refractivity contribution in [3.05, 3.63) is 46.4 Å². The van der Waals surface area contributed by atoms with Crippen molar-refractivity contribution < 1.29 is 4.79 Å². The predicted molar refractivity (Wildman–Crippen MR) is 125 cm³/mol. The largest absolute Gasteiger partial charge is 0.309 e. The smallest absolute Gasteiger partial charge is 0.297 e. The van der Waals surface area contributed by atoms with Crippen LogP contribution in [0.15, 0.2) is 39.5 Å². The normalized spacial score (nSPS) is 15.3. The third kappa shape index (κ3) is 4.82. The van der Waals surface area contributed by atoms with E-state index in [1.165, 1.54) is 34.0 Å². The van der Waals surface area contributed by atoms with Crippen LogP contribution in [-0.4, -0.2) is 37.5 Å². The molecule has 0 saturated heterocycles. The van der Waals surface area contributed by atoms with Crippen molar-refractivity contribution >= 4 is 39.7 Å². The van der Waals surface area contributed by atoms with Crippen LogP contribution in [0.25, 0.3) is 4.96 Å². The van der Waals surface area contributed by atoms with Crippen LogP contribution in [0.1, 0.15) is 58.6 Å². The molecule has 0 N–H and O–H groups in total. The van der Waals surface area contributed by atoms with Gasteiger partial charge in [-0.2, -0.15) is 4.52 Å². The predicted octanol–water partition coefficient (Wildman–Crippen LogP) is 4.30. The molecule has 0 aliphatic heterocycles. The van der Waals surface area contributed by atoms with Crippen molar-refractivity contribution in [1.82, 2.24) is 19.8 Å². The molecule has 1 aromatic carbocycles. The Kier molecular flexibility index (Phi) is 6.43. The first-order chi connectivity index (χ1) is 14.8. The molecule has 2 heterocycles. The molecule has 4 rings (SSSR count). The molecule has 0 unspecified atom stereocenters. The number of rotatable bonds is 5. The van der Waals surface area contributed by atoms with Gasteiger partial charge in [0.15, 0.2) is 4.34 Å². The first-order valence-corrected chi connectivity index (χ1v) is 12.4. The van der Waals surface area contributed by atoms with E-state index in [1.807, 2.05) is 56.0 Å². The van der Waals surface area contributed by atoms with E-state index >= 15 is 0 Å². The summed E-state index contributed by atoms with van der Waals surface area (Å²) in [6.07, 6.45) is 5.62. The van der Waals surface area contributed by atoms with Gasteiger partial charge in [0.2, 0.25) is 10.9 Å². The Balaban J connectivity index is 1.54. The molecule has 1 aliphatic rings. The maximum Gasteiger partial charge on any atom is 0.297 e. The van der Waals surface area contributed by atoms with Crippen LogP contribution in [0.3, 0.4) is 0 Å². The Morgan fingerprint density at radius 1 is 1.16 bits per heavy atom. The fourth-order valence-corrected chi connectivity index (χ4v) is 5.64. The van der Waals surface area contributed by atoms with Crippen LogP contribution in [0.2, 0.25) is 0 Å². The maximum absolute atomic E-state index is 13.3. The molecule has 1 amide bonds. The molecule has 0 spiro atoms. The lowest BCUT2D eigenvalue weighted by molar-refractivity contribution is -0.116. The molecule has 1 fully saturated rings. The highest BCUT2D eigenvalue weighted by Crippen LogP contribution is 2.30. The number of thioether (sulfide) groups is 1. The highest BCUT2D eigenvalue weighted by Gasteiger charge is 2.27. The highest BCUT2D eigenvalue weighted by molar-refractivity contribution is 8.01. The van der Waals surface area contributed by atoms with Gasteiger partial charge in [0.05, 0.1) is 5.75 Å². The van der Waals surface area contributed by atoms with Gasteiger partial charge in [-0.15, -0.1) is 15.3 Å². The number of para-hydroxylation sites is 1. The van der Waals surface area contributed by atoms with Crippen molar-refractivity contribution in [2.75, 3.05) is 10.7 Å². The lowest BCUT2D eigenvalue weighted by atomic mass is 9.93. The minimum atomic E-state index is -0.408. The molecule has 0 radical (unpaired) electrons. The van der Waals surface area contributed by atoms with Crippen molar-refractivity contribution in [2.45, 2.75) is 68.7 Å². The minimum absolute atomic E-state index is 0.0659. The summed E-state index contributed by atoms with van der Waals surface area (Å²) < 4.78 is 1.95. The fraction of sp³-hybridized carbons (Fsp3) is 0.500. The van der Waals surface area contributed by atoms with Crippen LogP contribution in [0.5, 0.6) is 0 Å². The Bertz CT molecular complexity index is 1110. The number of hydrogen-bond donors (Lipinski definition) is 0. The zero-order valence-electron chi connectivity index (χ0n) is 18.1. The van der Waals surface area contributed by atoms with Crippen molar-refractivity contribution in [2.24, 2.45) is 0 Å². The molecule has 2 aromatic heterocycles. The van der Waals surface area contributed by atoms with Gasteiger partial charge in [-0.3, -0.25) is 9.59 Å². The molecule has 3 aromatic rings. The zero-order chi connectivity index (χ0) is 22.0. The average molecular weight is 458 g/mol. The second kappa shape index (κ2) is 9.08. The van der Waals surface area contributed by atoms with Gasteiger partial charge in [-0.25, -0.2) is 0 Å². The van der Waals surface area contributed by atoms with E-state index in [-0.39, 0.29) is 23.3 Å². The van der Waals surface area contributed by atoms with Crippen LogP contribution >= 0.6 is 23.1 Å². The van der Waals surface area contributed by atoms with Crippen molar-refractivity contribution in [3.63, 3.8) is 0 Å². The topological polar surface area (TPSA) is 80.5 Å². The summed E-state index contributed by atoms with van der Waals surface area (Å²) in [4.78, 5) is 28.4. The number of amides is 1. The third-order valence-corrected chi connectivity index (χ3v) is 7.46. The summed E-state index contributed by atoms with van der Waals surface area (Å²) >= 11 is 2.64. The number of hydrogen-bond acceptors (Lipinski definition) is 7. The number of nitrogens with zero attached hydrogens (tertiary/aromatic N) is 5. The molecule has 9 heteroatoms. The molecule has 0 atom stereocenters. The first-order valence-electron chi connectivity index (χ1n) is 10.6. The summed E-state index contributed by atoms with van der Waals surface area (Å²) in [7, 11) is 0. The van der Waals surface area contributed by atoms with Gasteiger partial charge >= 0.3 is 0 Å². The van der Waals surface area contributed by atoms with E-state index in [0.717, 1.165) is 31.4 Å². The van der Waals surface area contributed by atoms with E-state index in [0.29, 0.717) is 15.0 Å². The Hall–Kier alpha value is -2.26. The first kappa shape index (κ1) is 22.0. The lowest BCUT2D eigenvalue weighted by Crippen LogP contribution is -2.42. The number of carbonyl (C=O) groups is 1. The SMILES string of the molecule is CC(C)(C)c1nnc2sc(SCC(=O)N(c3ccccc3)C3CCCCC3)nn2c1=O. The number of anilines is 1.